The van der Waals surface area contributed by atoms with Gasteiger partial charge in [-0.05, 0) is 55.0 Å². The largest absolute Gasteiger partial charge is 0.393 e. The predicted octanol–water partition coefficient (Wildman–Crippen LogP) is 4.29. The van der Waals surface area contributed by atoms with Gasteiger partial charge in [-0.15, -0.1) is 0 Å². The Morgan fingerprint density at radius 2 is 1.74 bits per heavy atom. The quantitative estimate of drug-likeness (QED) is 0.871. The van der Waals surface area contributed by atoms with E-state index < -0.39 is 0 Å². The SMILES string of the molecule is Cc1ccccc1CCC(O)Cc1ccc(Br)cc1. The maximum Gasteiger partial charge on any atom is 0.0583 e. The highest BCUT2D eigenvalue weighted by Crippen LogP contribution is 2.15. The van der Waals surface area contributed by atoms with Crippen LogP contribution in [0.3, 0.4) is 0 Å². The molecule has 0 spiro atoms. The van der Waals surface area contributed by atoms with Crippen molar-refractivity contribution in [3.8, 4) is 0 Å². The first kappa shape index (κ1) is 14.3. The molecule has 2 heteroatoms. The minimum Gasteiger partial charge on any atom is -0.393 e. The second-order valence-electron chi connectivity index (χ2n) is 4.95. The van der Waals surface area contributed by atoms with Gasteiger partial charge in [0.25, 0.3) is 0 Å². The molecule has 2 aromatic rings. The van der Waals surface area contributed by atoms with Gasteiger partial charge in [-0.3, -0.25) is 0 Å². The molecule has 1 unspecified atom stereocenters. The van der Waals surface area contributed by atoms with Gasteiger partial charge in [-0.1, -0.05) is 52.3 Å². The third-order valence-corrected chi connectivity index (χ3v) is 3.92. The Kier molecular flexibility index (Phi) is 5.17. The highest BCUT2D eigenvalue weighted by molar-refractivity contribution is 9.10. The summed E-state index contributed by atoms with van der Waals surface area (Å²) in [5.41, 5.74) is 3.82. The van der Waals surface area contributed by atoms with E-state index in [9.17, 15) is 5.11 Å². The van der Waals surface area contributed by atoms with Crippen LogP contribution < -0.4 is 0 Å². The fraction of sp³-hybridized carbons (Fsp3) is 0.294. The third-order valence-electron chi connectivity index (χ3n) is 3.39. The Hall–Kier alpha value is -1.12. The first-order chi connectivity index (χ1) is 9.15. The molecule has 0 fully saturated rings. The second kappa shape index (κ2) is 6.88. The molecule has 1 nitrogen and oxygen atoms in total. The van der Waals surface area contributed by atoms with Crippen LogP contribution in [0.4, 0.5) is 0 Å². The number of aryl methyl sites for hydroxylation is 2. The summed E-state index contributed by atoms with van der Waals surface area (Å²) in [4.78, 5) is 0. The zero-order valence-electron chi connectivity index (χ0n) is 11.1. The van der Waals surface area contributed by atoms with Crippen LogP contribution in [0.25, 0.3) is 0 Å². The van der Waals surface area contributed by atoms with E-state index in [1.54, 1.807) is 0 Å². The monoisotopic (exact) mass is 318 g/mol. The molecular weight excluding hydrogens is 300 g/mol. The molecule has 0 bridgehead atoms. The highest BCUT2D eigenvalue weighted by Gasteiger charge is 2.07. The summed E-state index contributed by atoms with van der Waals surface area (Å²) in [6.45, 7) is 2.12. The van der Waals surface area contributed by atoms with E-state index in [4.69, 9.17) is 0 Å². The van der Waals surface area contributed by atoms with Gasteiger partial charge in [-0.2, -0.15) is 0 Å². The van der Waals surface area contributed by atoms with Crippen LogP contribution in [0.2, 0.25) is 0 Å². The molecule has 0 saturated carbocycles. The van der Waals surface area contributed by atoms with E-state index in [0.717, 1.165) is 23.7 Å². The summed E-state index contributed by atoms with van der Waals surface area (Å²) >= 11 is 3.42. The third kappa shape index (κ3) is 4.48. The Labute approximate surface area is 123 Å². The van der Waals surface area contributed by atoms with Crippen molar-refractivity contribution in [3.63, 3.8) is 0 Å². The minimum atomic E-state index is -0.277. The molecule has 2 aromatic carbocycles. The number of aliphatic hydroxyl groups is 1. The molecule has 0 aliphatic heterocycles. The molecule has 100 valence electrons. The van der Waals surface area contributed by atoms with Crippen LogP contribution in [-0.4, -0.2) is 11.2 Å². The van der Waals surface area contributed by atoms with E-state index in [1.165, 1.54) is 16.7 Å². The lowest BCUT2D eigenvalue weighted by Crippen LogP contribution is -2.11. The topological polar surface area (TPSA) is 20.2 Å². The van der Waals surface area contributed by atoms with Crippen LogP contribution in [-0.2, 0) is 12.8 Å². The van der Waals surface area contributed by atoms with Crippen LogP contribution in [0, 0.1) is 6.92 Å². The Balaban J connectivity index is 1.86. The van der Waals surface area contributed by atoms with Crippen molar-refractivity contribution in [2.45, 2.75) is 32.3 Å². The van der Waals surface area contributed by atoms with Crippen LogP contribution in [0.1, 0.15) is 23.1 Å². The van der Waals surface area contributed by atoms with Crippen molar-refractivity contribution >= 4 is 15.9 Å². The van der Waals surface area contributed by atoms with Crippen molar-refractivity contribution in [1.82, 2.24) is 0 Å². The smallest absolute Gasteiger partial charge is 0.0583 e. The summed E-state index contributed by atoms with van der Waals surface area (Å²) in [6.07, 6.45) is 2.19. The van der Waals surface area contributed by atoms with Crippen molar-refractivity contribution < 1.29 is 5.11 Å². The average molecular weight is 319 g/mol. The lowest BCUT2D eigenvalue weighted by Gasteiger charge is -2.12. The first-order valence-electron chi connectivity index (χ1n) is 6.62. The molecule has 2 rings (SSSR count). The number of aliphatic hydroxyl groups excluding tert-OH is 1. The van der Waals surface area contributed by atoms with Gasteiger partial charge >= 0.3 is 0 Å². The van der Waals surface area contributed by atoms with Crippen LogP contribution >= 0.6 is 15.9 Å². The van der Waals surface area contributed by atoms with E-state index in [2.05, 4.69) is 59.3 Å². The summed E-state index contributed by atoms with van der Waals surface area (Å²) in [5.74, 6) is 0. The molecule has 0 aromatic heterocycles. The number of halogens is 1. The van der Waals surface area contributed by atoms with Crippen molar-refractivity contribution in [1.29, 1.82) is 0 Å². The fourth-order valence-electron chi connectivity index (χ4n) is 2.21. The first-order valence-corrected chi connectivity index (χ1v) is 7.41. The number of hydrogen-bond donors (Lipinski definition) is 1. The van der Waals surface area contributed by atoms with Crippen LogP contribution in [0.15, 0.2) is 53.0 Å². The molecule has 0 aliphatic carbocycles. The minimum absolute atomic E-state index is 0.277. The predicted molar refractivity (Wildman–Crippen MR) is 83.4 cm³/mol. The van der Waals surface area contributed by atoms with Gasteiger partial charge in [0.1, 0.15) is 0 Å². The van der Waals surface area contributed by atoms with E-state index >= 15 is 0 Å². The molecule has 0 radical (unpaired) electrons. The Morgan fingerprint density at radius 1 is 1.05 bits per heavy atom. The van der Waals surface area contributed by atoms with Crippen LogP contribution in [0.5, 0.6) is 0 Å². The maximum absolute atomic E-state index is 10.1. The van der Waals surface area contributed by atoms with E-state index in [1.807, 2.05) is 12.1 Å². The molecule has 19 heavy (non-hydrogen) atoms. The van der Waals surface area contributed by atoms with E-state index in [-0.39, 0.29) is 6.10 Å². The molecule has 0 amide bonds. The molecular formula is C17H19BrO. The Morgan fingerprint density at radius 3 is 2.42 bits per heavy atom. The molecule has 1 N–H and O–H groups in total. The number of hydrogen-bond acceptors (Lipinski definition) is 1. The van der Waals surface area contributed by atoms with E-state index in [0.29, 0.717) is 0 Å². The fourth-order valence-corrected chi connectivity index (χ4v) is 2.47. The average Bonchev–Trinajstić information content (AvgIpc) is 2.40. The maximum atomic E-state index is 10.1. The molecule has 0 heterocycles. The number of benzene rings is 2. The molecule has 1 atom stereocenters. The van der Waals surface area contributed by atoms with Gasteiger partial charge in [0.05, 0.1) is 6.10 Å². The summed E-state index contributed by atoms with van der Waals surface area (Å²) in [6, 6.07) is 16.5. The lowest BCUT2D eigenvalue weighted by atomic mass is 9.99. The molecule has 0 saturated heterocycles. The lowest BCUT2D eigenvalue weighted by molar-refractivity contribution is 0.165. The highest BCUT2D eigenvalue weighted by atomic mass is 79.9. The van der Waals surface area contributed by atoms with Gasteiger partial charge in [0.15, 0.2) is 0 Å². The normalized spacial score (nSPS) is 12.4. The van der Waals surface area contributed by atoms with Crippen molar-refractivity contribution in [3.05, 3.63) is 69.7 Å². The number of rotatable bonds is 5. The zero-order valence-corrected chi connectivity index (χ0v) is 12.7. The molecule has 0 aliphatic rings. The summed E-state index contributed by atoms with van der Waals surface area (Å²) in [7, 11) is 0. The summed E-state index contributed by atoms with van der Waals surface area (Å²) < 4.78 is 1.07. The Bertz CT molecular complexity index is 519. The van der Waals surface area contributed by atoms with Gasteiger partial charge in [-0.25, -0.2) is 0 Å². The second-order valence-corrected chi connectivity index (χ2v) is 5.87. The zero-order chi connectivity index (χ0) is 13.7. The van der Waals surface area contributed by atoms with Gasteiger partial charge < -0.3 is 5.11 Å². The standard InChI is InChI=1S/C17H19BrO/c1-13-4-2-3-5-15(13)8-11-17(19)12-14-6-9-16(18)10-7-14/h2-7,9-10,17,19H,8,11-12H2,1H3. The van der Waals surface area contributed by atoms with Gasteiger partial charge in [0, 0.05) is 4.47 Å². The van der Waals surface area contributed by atoms with Crippen molar-refractivity contribution in [2.24, 2.45) is 0 Å². The summed E-state index contributed by atoms with van der Waals surface area (Å²) in [5, 5.41) is 10.1. The van der Waals surface area contributed by atoms with Gasteiger partial charge in [0.2, 0.25) is 0 Å². The van der Waals surface area contributed by atoms with Crippen molar-refractivity contribution in [2.75, 3.05) is 0 Å².